The summed E-state index contributed by atoms with van der Waals surface area (Å²) >= 11 is 0. The van der Waals surface area contributed by atoms with Gasteiger partial charge in [-0.15, -0.1) is 0 Å². The number of carbonyl (C=O) groups is 1. The Morgan fingerprint density at radius 3 is 2.29 bits per heavy atom. The minimum absolute atomic E-state index is 0.0770. The predicted octanol–water partition coefficient (Wildman–Crippen LogP) is 2.64. The first-order valence-corrected chi connectivity index (χ1v) is 5.29. The number of rotatable bonds is 8. The van der Waals surface area contributed by atoms with Crippen LogP contribution in [0.1, 0.15) is 26.7 Å². The van der Waals surface area contributed by atoms with Gasteiger partial charge >= 0.3 is 18.3 Å². The molecule has 0 rings (SSSR count). The molecule has 7 heteroatoms. The van der Waals surface area contributed by atoms with Crippen LogP contribution >= 0.6 is 0 Å². The SMILES string of the molecule is CCCC(OCC(F)(F)C(F)F)C(=O)OCC. The number of hydrogen-bond donors (Lipinski definition) is 0. The number of carbonyl (C=O) groups excluding carboxylic acids is 1. The zero-order chi connectivity index (χ0) is 13.5. The smallest absolute Gasteiger partial charge is 0.335 e. The molecule has 0 bridgehead atoms. The van der Waals surface area contributed by atoms with E-state index in [4.69, 9.17) is 0 Å². The molecule has 0 radical (unpaired) electrons. The maximum absolute atomic E-state index is 12.6. The molecule has 0 heterocycles. The molecule has 3 nitrogen and oxygen atoms in total. The van der Waals surface area contributed by atoms with Crippen LogP contribution in [0.4, 0.5) is 17.6 Å². The molecule has 0 saturated carbocycles. The van der Waals surface area contributed by atoms with E-state index in [0.717, 1.165) is 0 Å². The number of hydrogen-bond acceptors (Lipinski definition) is 3. The van der Waals surface area contributed by atoms with Crippen molar-refractivity contribution in [2.45, 2.75) is 45.1 Å². The van der Waals surface area contributed by atoms with Gasteiger partial charge in [-0.2, -0.15) is 8.78 Å². The molecule has 0 fully saturated rings. The summed E-state index contributed by atoms with van der Waals surface area (Å²) in [4.78, 5) is 11.2. The van der Waals surface area contributed by atoms with Gasteiger partial charge in [0.15, 0.2) is 6.10 Å². The Balaban J connectivity index is 4.31. The van der Waals surface area contributed by atoms with Crippen LogP contribution in [0.2, 0.25) is 0 Å². The number of esters is 1. The summed E-state index contributed by atoms with van der Waals surface area (Å²) in [5.41, 5.74) is 0. The van der Waals surface area contributed by atoms with Crippen LogP contribution in [-0.2, 0) is 14.3 Å². The van der Waals surface area contributed by atoms with Gasteiger partial charge in [-0.25, -0.2) is 13.6 Å². The molecule has 0 aliphatic carbocycles. The molecule has 17 heavy (non-hydrogen) atoms. The first-order valence-electron chi connectivity index (χ1n) is 5.29. The fraction of sp³-hybridized carbons (Fsp3) is 0.900. The molecular formula is C10H16F4O3. The van der Waals surface area contributed by atoms with Crippen LogP contribution in [-0.4, -0.2) is 37.6 Å². The Hall–Kier alpha value is -0.850. The van der Waals surface area contributed by atoms with Crippen LogP contribution in [0, 0.1) is 0 Å². The molecule has 0 spiro atoms. The van der Waals surface area contributed by atoms with E-state index >= 15 is 0 Å². The summed E-state index contributed by atoms with van der Waals surface area (Å²) in [5, 5.41) is 0. The lowest BCUT2D eigenvalue weighted by Gasteiger charge is -2.20. The van der Waals surface area contributed by atoms with E-state index in [0.29, 0.717) is 6.42 Å². The first-order chi connectivity index (χ1) is 7.85. The summed E-state index contributed by atoms with van der Waals surface area (Å²) in [6.45, 7) is 1.84. The second kappa shape index (κ2) is 7.47. The molecule has 0 N–H and O–H groups in total. The zero-order valence-corrected chi connectivity index (χ0v) is 9.72. The van der Waals surface area contributed by atoms with Crippen molar-refractivity contribution in [3.8, 4) is 0 Å². The van der Waals surface area contributed by atoms with Crippen LogP contribution in [0.25, 0.3) is 0 Å². The highest BCUT2D eigenvalue weighted by Gasteiger charge is 2.42. The summed E-state index contributed by atoms with van der Waals surface area (Å²) in [5.74, 6) is -5.06. The minimum atomic E-state index is -4.25. The zero-order valence-electron chi connectivity index (χ0n) is 9.72. The second-order valence-electron chi connectivity index (χ2n) is 3.40. The van der Waals surface area contributed by atoms with E-state index in [-0.39, 0.29) is 13.0 Å². The van der Waals surface area contributed by atoms with Gasteiger partial charge < -0.3 is 9.47 Å². The van der Waals surface area contributed by atoms with Crippen LogP contribution in [0.5, 0.6) is 0 Å². The maximum atomic E-state index is 12.6. The third kappa shape index (κ3) is 5.86. The third-order valence-corrected chi connectivity index (χ3v) is 1.90. The van der Waals surface area contributed by atoms with Gasteiger partial charge in [0, 0.05) is 0 Å². The van der Waals surface area contributed by atoms with Gasteiger partial charge in [0.2, 0.25) is 0 Å². The summed E-state index contributed by atoms with van der Waals surface area (Å²) in [6.07, 6.45) is -4.39. The molecule has 0 aromatic carbocycles. The normalized spacial score (nSPS) is 13.8. The quantitative estimate of drug-likeness (QED) is 0.497. The fourth-order valence-corrected chi connectivity index (χ4v) is 1.04. The first kappa shape index (κ1) is 16.1. The van der Waals surface area contributed by atoms with E-state index < -0.39 is 31.0 Å². The van der Waals surface area contributed by atoms with Gasteiger partial charge in [-0.3, -0.25) is 0 Å². The average molecular weight is 260 g/mol. The largest absolute Gasteiger partial charge is 0.464 e. The maximum Gasteiger partial charge on any atom is 0.335 e. The Kier molecular flexibility index (Phi) is 7.10. The lowest BCUT2D eigenvalue weighted by atomic mass is 10.2. The number of halogens is 4. The molecular weight excluding hydrogens is 244 g/mol. The van der Waals surface area contributed by atoms with E-state index in [1.807, 2.05) is 0 Å². The van der Waals surface area contributed by atoms with E-state index in [2.05, 4.69) is 9.47 Å². The van der Waals surface area contributed by atoms with Gasteiger partial charge in [-0.05, 0) is 13.3 Å². The Labute approximate surface area is 97.1 Å². The molecule has 0 aliphatic rings. The van der Waals surface area contributed by atoms with Crippen molar-refractivity contribution in [1.82, 2.24) is 0 Å². The highest BCUT2D eigenvalue weighted by Crippen LogP contribution is 2.24. The number of alkyl halides is 4. The van der Waals surface area contributed by atoms with E-state index in [9.17, 15) is 22.4 Å². The molecule has 1 unspecified atom stereocenters. The van der Waals surface area contributed by atoms with Crippen LogP contribution in [0.15, 0.2) is 0 Å². The Bertz CT molecular complexity index is 234. The van der Waals surface area contributed by atoms with Gasteiger partial charge in [0.05, 0.1) is 6.61 Å². The van der Waals surface area contributed by atoms with Crippen molar-refractivity contribution in [2.75, 3.05) is 13.2 Å². The van der Waals surface area contributed by atoms with Crippen molar-refractivity contribution in [2.24, 2.45) is 0 Å². The standard InChI is InChI=1S/C10H16F4O3/c1-3-5-7(8(15)16-4-2)17-6-10(13,14)9(11)12/h7,9H,3-6H2,1-2H3. The molecule has 0 aliphatic heterocycles. The summed E-state index contributed by atoms with van der Waals surface area (Å²) < 4.78 is 57.9. The minimum Gasteiger partial charge on any atom is -0.464 e. The summed E-state index contributed by atoms with van der Waals surface area (Å²) in [6, 6.07) is 0. The lowest BCUT2D eigenvalue weighted by molar-refractivity contribution is -0.188. The predicted molar refractivity (Wildman–Crippen MR) is 52.2 cm³/mol. The Morgan fingerprint density at radius 2 is 1.88 bits per heavy atom. The van der Waals surface area contributed by atoms with Crippen molar-refractivity contribution in [1.29, 1.82) is 0 Å². The van der Waals surface area contributed by atoms with Crippen LogP contribution < -0.4 is 0 Å². The highest BCUT2D eigenvalue weighted by atomic mass is 19.3. The Morgan fingerprint density at radius 1 is 1.29 bits per heavy atom. The average Bonchev–Trinajstić information content (AvgIpc) is 2.24. The van der Waals surface area contributed by atoms with E-state index in [1.54, 1.807) is 13.8 Å². The van der Waals surface area contributed by atoms with E-state index in [1.165, 1.54) is 0 Å². The fourth-order valence-electron chi connectivity index (χ4n) is 1.04. The number of ether oxygens (including phenoxy) is 2. The van der Waals surface area contributed by atoms with Gasteiger partial charge in [0.1, 0.15) is 6.61 Å². The molecule has 0 aromatic rings. The van der Waals surface area contributed by atoms with Gasteiger partial charge in [-0.1, -0.05) is 13.3 Å². The molecule has 0 amide bonds. The van der Waals surface area contributed by atoms with Gasteiger partial charge in [0.25, 0.3) is 0 Å². The van der Waals surface area contributed by atoms with Crippen molar-refractivity contribution in [3.05, 3.63) is 0 Å². The molecule has 0 aromatic heterocycles. The van der Waals surface area contributed by atoms with Crippen LogP contribution in [0.3, 0.4) is 0 Å². The molecule has 102 valence electrons. The van der Waals surface area contributed by atoms with Crippen molar-refractivity contribution < 1.29 is 31.8 Å². The molecule has 0 saturated heterocycles. The lowest BCUT2D eigenvalue weighted by Crippen LogP contribution is -2.37. The van der Waals surface area contributed by atoms with Crippen molar-refractivity contribution >= 4 is 5.97 Å². The highest BCUT2D eigenvalue weighted by molar-refractivity contribution is 5.74. The summed E-state index contributed by atoms with van der Waals surface area (Å²) in [7, 11) is 0. The third-order valence-electron chi connectivity index (χ3n) is 1.90. The monoisotopic (exact) mass is 260 g/mol. The van der Waals surface area contributed by atoms with Crippen molar-refractivity contribution in [3.63, 3.8) is 0 Å². The second-order valence-corrected chi connectivity index (χ2v) is 3.40. The topological polar surface area (TPSA) is 35.5 Å². The molecule has 1 atom stereocenters.